The molecule has 0 fully saturated rings. The summed E-state index contributed by atoms with van der Waals surface area (Å²) in [4.78, 5) is 0. The molecule has 0 spiro atoms. The molecule has 0 amide bonds. The Hall–Kier alpha value is -0.250. The van der Waals surface area contributed by atoms with Gasteiger partial charge in [-0.2, -0.15) is 0 Å². The molecular weight excluding hydrogens is 326 g/mol. The van der Waals surface area contributed by atoms with Crippen LogP contribution in [-0.4, -0.2) is 13.7 Å². The number of hydrogen-bond acceptors (Lipinski definition) is 2. The zero-order chi connectivity index (χ0) is 14.4. The third-order valence-corrected chi connectivity index (χ3v) is 4.33. The minimum Gasteiger partial charge on any atom is -0.495 e. The van der Waals surface area contributed by atoms with Crippen molar-refractivity contribution >= 4 is 27.5 Å². The van der Waals surface area contributed by atoms with Gasteiger partial charge in [0.25, 0.3) is 0 Å². The van der Waals surface area contributed by atoms with E-state index in [2.05, 4.69) is 42.0 Å². The summed E-state index contributed by atoms with van der Waals surface area (Å²) in [5.74, 6) is 1.45. The highest BCUT2D eigenvalue weighted by Gasteiger charge is 2.24. The van der Waals surface area contributed by atoms with Gasteiger partial charge in [0.1, 0.15) is 5.75 Å². The minimum atomic E-state index is 0.268. The highest BCUT2D eigenvalue weighted by Crippen LogP contribution is 2.39. The van der Waals surface area contributed by atoms with Crippen molar-refractivity contribution in [1.29, 1.82) is 0 Å². The molecule has 4 heteroatoms. The van der Waals surface area contributed by atoms with Crippen LogP contribution in [0.4, 0.5) is 0 Å². The van der Waals surface area contributed by atoms with E-state index in [0.717, 1.165) is 40.2 Å². The molecule has 19 heavy (non-hydrogen) atoms. The summed E-state index contributed by atoms with van der Waals surface area (Å²) < 4.78 is 6.46. The van der Waals surface area contributed by atoms with Crippen molar-refractivity contribution < 1.29 is 4.74 Å². The molecule has 0 radical (unpaired) electrons. The molecule has 1 aromatic carbocycles. The number of halogens is 2. The van der Waals surface area contributed by atoms with Crippen LogP contribution in [0.25, 0.3) is 0 Å². The molecule has 0 heterocycles. The van der Waals surface area contributed by atoms with E-state index in [0.29, 0.717) is 5.92 Å². The van der Waals surface area contributed by atoms with Crippen molar-refractivity contribution in [2.75, 3.05) is 13.7 Å². The fourth-order valence-electron chi connectivity index (χ4n) is 2.54. The maximum atomic E-state index is 6.20. The van der Waals surface area contributed by atoms with Gasteiger partial charge in [-0.15, -0.1) is 0 Å². The van der Waals surface area contributed by atoms with Crippen LogP contribution in [0, 0.1) is 5.92 Å². The SMILES string of the molecule is CCNC(c1cc(Cl)cc(Br)c1OC)C(CC)CC. The lowest BCUT2D eigenvalue weighted by Gasteiger charge is -2.28. The van der Waals surface area contributed by atoms with E-state index in [1.165, 1.54) is 0 Å². The highest BCUT2D eigenvalue weighted by atomic mass is 79.9. The second-order valence-corrected chi connectivity index (χ2v) is 5.91. The normalized spacial score (nSPS) is 12.8. The van der Waals surface area contributed by atoms with Crippen LogP contribution in [0.3, 0.4) is 0 Å². The van der Waals surface area contributed by atoms with Gasteiger partial charge in [0.05, 0.1) is 11.6 Å². The average Bonchev–Trinajstić information content (AvgIpc) is 2.38. The first kappa shape index (κ1) is 16.8. The monoisotopic (exact) mass is 347 g/mol. The molecule has 0 aromatic heterocycles. The van der Waals surface area contributed by atoms with Gasteiger partial charge in [0.15, 0.2) is 0 Å². The molecule has 0 aliphatic heterocycles. The van der Waals surface area contributed by atoms with Gasteiger partial charge < -0.3 is 10.1 Å². The van der Waals surface area contributed by atoms with Crippen LogP contribution in [-0.2, 0) is 0 Å². The average molecular weight is 349 g/mol. The van der Waals surface area contributed by atoms with Gasteiger partial charge in [-0.05, 0) is 40.5 Å². The van der Waals surface area contributed by atoms with Gasteiger partial charge in [0, 0.05) is 16.6 Å². The van der Waals surface area contributed by atoms with Crippen molar-refractivity contribution in [3.05, 3.63) is 27.2 Å². The summed E-state index contributed by atoms with van der Waals surface area (Å²) in [5.41, 5.74) is 1.14. The summed E-state index contributed by atoms with van der Waals surface area (Å²) in [7, 11) is 1.70. The predicted octanol–water partition coefficient (Wildman–Crippen LogP) is 5.20. The lowest BCUT2D eigenvalue weighted by molar-refractivity contribution is 0.329. The largest absolute Gasteiger partial charge is 0.495 e. The molecule has 0 bridgehead atoms. The second-order valence-electron chi connectivity index (χ2n) is 4.62. The summed E-state index contributed by atoms with van der Waals surface area (Å²) >= 11 is 9.73. The Bertz CT molecular complexity index is 407. The zero-order valence-corrected chi connectivity index (χ0v) is 14.4. The predicted molar refractivity (Wildman–Crippen MR) is 86.2 cm³/mol. The maximum absolute atomic E-state index is 6.20. The third kappa shape index (κ3) is 4.11. The van der Waals surface area contributed by atoms with Crippen molar-refractivity contribution in [1.82, 2.24) is 5.32 Å². The van der Waals surface area contributed by atoms with Gasteiger partial charge in [0.2, 0.25) is 0 Å². The Balaban J connectivity index is 3.28. The van der Waals surface area contributed by atoms with Crippen LogP contribution in [0.15, 0.2) is 16.6 Å². The van der Waals surface area contributed by atoms with Crippen LogP contribution >= 0.6 is 27.5 Å². The van der Waals surface area contributed by atoms with Crippen LogP contribution < -0.4 is 10.1 Å². The minimum absolute atomic E-state index is 0.268. The first-order chi connectivity index (χ1) is 9.08. The molecule has 1 rings (SSSR count). The molecule has 2 nitrogen and oxygen atoms in total. The van der Waals surface area contributed by atoms with E-state index in [4.69, 9.17) is 16.3 Å². The van der Waals surface area contributed by atoms with Crippen LogP contribution in [0.1, 0.15) is 45.2 Å². The molecule has 1 N–H and O–H groups in total. The lowest BCUT2D eigenvalue weighted by atomic mass is 9.88. The van der Waals surface area contributed by atoms with Crippen molar-refractivity contribution in [3.8, 4) is 5.75 Å². The fourth-order valence-corrected chi connectivity index (χ4v) is 3.53. The van der Waals surface area contributed by atoms with Gasteiger partial charge in [-0.3, -0.25) is 0 Å². The van der Waals surface area contributed by atoms with Crippen molar-refractivity contribution in [2.24, 2.45) is 5.92 Å². The number of ether oxygens (including phenoxy) is 1. The topological polar surface area (TPSA) is 21.3 Å². The summed E-state index contributed by atoms with van der Waals surface area (Å²) in [6, 6.07) is 4.15. The third-order valence-electron chi connectivity index (χ3n) is 3.52. The second kappa shape index (κ2) is 8.13. The molecule has 0 aliphatic rings. The summed E-state index contributed by atoms with van der Waals surface area (Å²) in [6.45, 7) is 7.51. The highest BCUT2D eigenvalue weighted by molar-refractivity contribution is 9.10. The van der Waals surface area contributed by atoms with E-state index in [1.807, 2.05) is 12.1 Å². The Morgan fingerprint density at radius 1 is 1.26 bits per heavy atom. The Labute approximate surface area is 130 Å². The molecule has 1 aromatic rings. The number of nitrogens with one attached hydrogen (secondary N) is 1. The van der Waals surface area contributed by atoms with Gasteiger partial charge >= 0.3 is 0 Å². The van der Waals surface area contributed by atoms with Crippen molar-refractivity contribution in [3.63, 3.8) is 0 Å². The molecule has 1 unspecified atom stereocenters. The number of methoxy groups -OCH3 is 1. The van der Waals surface area contributed by atoms with Gasteiger partial charge in [-0.1, -0.05) is 45.2 Å². The number of hydrogen-bond donors (Lipinski definition) is 1. The summed E-state index contributed by atoms with van der Waals surface area (Å²) in [6.07, 6.45) is 2.25. The van der Waals surface area contributed by atoms with E-state index in [9.17, 15) is 0 Å². The Morgan fingerprint density at radius 2 is 1.89 bits per heavy atom. The number of benzene rings is 1. The molecule has 108 valence electrons. The van der Waals surface area contributed by atoms with E-state index in [1.54, 1.807) is 7.11 Å². The van der Waals surface area contributed by atoms with Gasteiger partial charge in [-0.25, -0.2) is 0 Å². The molecule has 0 aliphatic carbocycles. The quantitative estimate of drug-likeness (QED) is 0.731. The van der Waals surface area contributed by atoms with E-state index in [-0.39, 0.29) is 6.04 Å². The van der Waals surface area contributed by atoms with Crippen molar-refractivity contribution in [2.45, 2.75) is 39.7 Å². The zero-order valence-electron chi connectivity index (χ0n) is 12.1. The standard InChI is InChI=1S/C15H23BrClNO/c1-5-10(6-2)14(18-7-3)12-8-11(17)9-13(16)15(12)19-4/h8-10,14,18H,5-7H2,1-4H3. The first-order valence-corrected chi connectivity index (χ1v) is 8.02. The Morgan fingerprint density at radius 3 is 2.37 bits per heavy atom. The first-order valence-electron chi connectivity index (χ1n) is 6.85. The fraction of sp³-hybridized carbons (Fsp3) is 0.600. The maximum Gasteiger partial charge on any atom is 0.137 e. The van der Waals surface area contributed by atoms with E-state index >= 15 is 0 Å². The molecule has 0 saturated carbocycles. The number of rotatable bonds is 7. The lowest BCUT2D eigenvalue weighted by Crippen LogP contribution is -2.28. The van der Waals surface area contributed by atoms with E-state index < -0.39 is 0 Å². The molecule has 1 atom stereocenters. The summed E-state index contributed by atoms with van der Waals surface area (Å²) in [5, 5.41) is 4.30. The molecule has 0 saturated heterocycles. The van der Waals surface area contributed by atoms with Crippen LogP contribution in [0.5, 0.6) is 5.75 Å². The Kier molecular flexibility index (Phi) is 7.19. The molecular formula is C15H23BrClNO. The smallest absolute Gasteiger partial charge is 0.137 e. The van der Waals surface area contributed by atoms with Crippen LogP contribution in [0.2, 0.25) is 5.02 Å².